The van der Waals surface area contributed by atoms with Gasteiger partial charge in [-0.25, -0.2) is 0 Å². The molecule has 0 aromatic carbocycles. The molecule has 0 fully saturated rings. The summed E-state index contributed by atoms with van der Waals surface area (Å²) in [6.07, 6.45) is 1.10. The van der Waals surface area contributed by atoms with Crippen molar-refractivity contribution < 1.29 is 14.7 Å². The molecular weight excluding hydrogens is 258 g/mol. The van der Waals surface area contributed by atoms with Gasteiger partial charge in [-0.3, -0.25) is 14.3 Å². The summed E-state index contributed by atoms with van der Waals surface area (Å²) < 4.78 is 1.82. The lowest BCUT2D eigenvalue weighted by Crippen LogP contribution is -2.29. The molecule has 1 aromatic rings. The van der Waals surface area contributed by atoms with Crippen LogP contribution in [0.15, 0.2) is 6.07 Å². The summed E-state index contributed by atoms with van der Waals surface area (Å²) in [6, 6.07) is 1.98. The lowest BCUT2D eigenvalue weighted by Gasteiger charge is -2.11. The van der Waals surface area contributed by atoms with E-state index in [1.807, 2.05) is 31.5 Å². The summed E-state index contributed by atoms with van der Waals surface area (Å²) in [5, 5.41) is 15.7. The molecule has 112 valence electrons. The molecule has 1 heterocycles. The van der Waals surface area contributed by atoms with Crippen molar-refractivity contribution in [3.05, 3.63) is 17.5 Å². The minimum atomic E-state index is -0.798. The van der Waals surface area contributed by atoms with E-state index >= 15 is 0 Å². The van der Waals surface area contributed by atoms with E-state index in [1.54, 1.807) is 0 Å². The van der Waals surface area contributed by atoms with Crippen molar-refractivity contribution >= 4 is 11.9 Å². The number of hydrogen-bond donors (Lipinski definition) is 2. The number of aryl methyl sites for hydroxylation is 3. The van der Waals surface area contributed by atoms with Gasteiger partial charge in [0, 0.05) is 31.6 Å². The Bertz CT molecular complexity index is 468. The molecule has 20 heavy (non-hydrogen) atoms. The first-order valence-electron chi connectivity index (χ1n) is 6.88. The number of amides is 1. The van der Waals surface area contributed by atoms with Crippen molar-refractivity contribution in [2.75, 3.05) is 6.54 Å². The molecule has 0 spiro atoms. The molecule has 0 aliphatic heterocycles. The van der Waals surface area contributed by atoms with Gasteiger partial charge < -0.3 is 10.4 Å². The van der Waals surface area contributed by atoms with Crippen molar-refractivity contribution in [3.63, 3.8) is 0 Å². The van der Waals surface area contributed by atoms with Crippen molar-refractivity contribution in [1.29, 1.82) is 0 Å². The van der Waals surface area contributed by atoms with Crippen LogP contribution in [0.3, 0.4) is 0 Å². The summed E-state index contributed by atoms with van der Waals surface area (Å²) in [4.78, 5) is 22.1. The van der Waals surface area contributed by atoms with Crippen LogP contribution in [0.4, 0.5) is 0 Å². The van der Waals surface area contributed by atoms with E-state index in [1.165, 1.54) is 0 Å². The molecule has 0 aliphatic rings. The Kier molecular flexibility index (Phi) is 6.21. The van der Waals surface area contributed by atoms with Crippen molar-refractivity contribution in [3.8, 4) is 0 Å². The molecule has 0 saturated carbocycles. The molecule has 1 aromatic heterocycles. The van der Waals surface area contributed by atoms with Crippen LogP contribution >= 0.6 is 0 Å². The predicted octanol–water partition coefficient (Wildman–Crippen LogP) is 1.51. The second-order valence-corrected chi connectivity index (χ2v) is 5.24. The van der Waals surface area contributed by atoms with Crippen LogP contribution in [0.2, 0.25) is 0 Å². The average molecular weight is 281 g/mol. The van der Waals surface area contributed by atoms with Crippen LogP contribution in [0.25, 0.3) is 0 Å². The maximum atomic E-state index is 11.7. The van der Waals surface area contributed by atoms with E-state index in [9.17, 15) is 9.59 Å². The summed E-state index contributed by atoms with van der Waals surface area (Å²) in [5.74, 6) is -0.656. The van der Waals surface area contributed by atoms with E-state index in [-0.39, 0.29) is 18.2 Å². The van der Waals surface area contributed by atoms with Gasteiger partial charge in [-0.1, -0.05) is 6.92 Å². The van der Waals surface area contributed by atoms with E-state index < -0.39 is 5.97 Å². The Morgan fingerprint density at radius 1 is 1.40 bits per heavy atom. The first-order valence-corrected chi connectivity index (χ1v) is 6.88. The van der Waals surface area contributed by atoms with Gasteiger partial charge in [0.15, 0.2) is 0 Å². The number of nitrogens with zero attached hydrogens (tertiary/aromatic N) is 2. The molecular formula is C14H23N3O3. The fourth-order valence-electron chi connectivity index (χ4n) is 1.96. The standard InChI is InChI=1S/C14H23N3O3/c1-10(4-5-14(19)20)9-15-13(18)6-7-17-12(3)8-11(2)16-17/h8,10H,4-7,9H2,1-3H3,(H,15,18)(H,19,20). The van der Waals surface area contributed by atoms with Crippen LogP contribution < -0.4 is 5.32 Å². The third-order valence-corrected chi connectivity index (χ3v) is 3.15. The second-order valence-electron chi connectivity index (χ2n) is 5.24. The predicted molar refractivity (Wildman–Crippen MR) is 75.4 cm³/mol. The van der Waals surface area contributed by atoms with E-state index in [2.05, 4.69) is 10.4 Å². The minimum Gasteiger partial charge on any atom is -0.481 e. The first-order chi connectivity index (χ1) is 9.38. The Labute approximate surface area is 119 Å². The fraction of sp³-hybridized carbons (Fsp3) is 0.643. The molecule has 1 amide bonds. The number of carbonyl (C=O) groups excluding carboxylic acids is 1. The molecule has 1 atom stereocenters. The second kappa shape index (κ2) is 7.67. The highest BCUT2D eigenvalue weighted by atomic mass is 16.4. The minimum absolute atomic E-state index is 0.0280. The highest BCUT2D eigenvalue weighted by molar-refractivity contribution is 5.75. The van der Waals surface area contributed by atoms with E-state index in [0.29, 0.717) is 25.9 Å². The number of hydrogen-bond acceptors (Lipinski definition) is 3. The van der Waals surface area contributed by atoms with Crippen LogP contribution in [-0.2, 0) is 16.1 Å². The zero-order valence-electron chi connectivity index (χ0n) is 12.3. The number of rotatable bonds is 8. The number of aromatic nitrogens is 2. The third kappa shape index (κ3) is 5.86. The molecule has 0 radical (unpaired) electrons. The number of nitrogens with one attached hydrogen (secondary N) is 1. The quantitative estimate of drug-likeness (QED) is 0.756. The van der Waals surface area contributed by atoms with Crippen molar-refractivity contribution in [1.82, 2.24) is 15.1 Å². The molecule has 0 bridgehead atoms. The smallest absolute Gasteiger partial charge is 0.303 e. The maximum absolute atomic E-state index is 11.7. The highest BCUT2D eigenvalue weighted by Gasteiger charge is 2.09. The lowest BCUT2D eigenvalue weighted by molar-refractivity contribution is -0.137. The topological polar surface area (TPSA) is 84.2 Å². The summed E-state index contributed by atoms with van der Waals surface area (Å²) in [7, 11) is 0. The maximum Gasteiger partial charge on any atom is 0.303 e. The van der Waals surface area contributed by atoms with Crippen molar-refractivity contribution in [2.45, 2.75) is 46.6 Å². The Morgan fingerprint density at radius 2 is 2.10 bits per heavy atom. The molecule has 6 heteroatoms. The summed E-state index contributed by atoms with van der Waals surface area (Å²) in [5.41, 5.74) is 2.00. The van der Waals surface area contributed by atoms with Gasteiger partial charge >= 0.3 is 5.97 Å². The largest absolute Gasteiger partial charge is 0.481 e. The van der Waals surface area contributed by atoms with Gasteiger partial charge in [-0.2, -0.15) is 5.10 Å². The summed E-state index contributed by atoms with van der Waals surface area (Å²) in [6.45, 7) is 6.90. The van der Waals surface area contributed by atoms with Crippen LogP contribution in [0, 0.1) is 19.8 Å². The van der Waals surface area contributed by atoms with Crippen molar-refractivity contribution in [2.24, 2.45) is 5.92 Å². The summed E-state index contributed by atoms with van der Waals surface area (Å²) >= 11 is 0. The molecule has 1 unspecified atom stereocenters. The van der Waals surface area contributed by atoms with Gasteiger partial charge in [0.1, 0.15) is 0 Å². The van der Waals surface area contributed by atoms with E-state index in [0.717, 1.165) is 11.4 Å². The number of carboxylic acid groups (broad SMARTS) is 1. The Hall–Kier alpha value is -1.85. The van der Waals surface area contributed by atoms with Gasteiger partial charge in [0.05, 0.1) is 5.69 Å². The number of carboxylic acids is 1. The number of aliphatic carboxylic acids is 1. The van der Waals surface area contributed by atoms with Crippen LogP contribution in [0.5, 0.6) is 0 Å². The van der Waals surface area contributed by atoms with E-state index in [4.69, 9.17) is 5.11 Å². The van der Waals surface area contributed by atoms with Gasteiger partial charge in [0.25, 0.3) is 0 Å². The lowest BCUT2D eigenvalue weighted by atomic mass is 10.1. The fourth-order valence-corrected chi connectivity index (χ4v) is 1.96. The molecule has 0 saturated heterocycles. The number of carbonyl (C=O) groups is 2. The highest BCUT2D eigenvalue weighted by Crippen LogP contribution is 2.05. The SMILES string of the molecule is Cc1cc(C)n(CCC(=O)NCC(C)CCC(=O)O)n1. The van der Waals surface area contributed by atoms with Gasteiger partial charge in [0.2, 0.25) is 5.91 Å². The van der Waals surface area contributed by atoms with Gasteiger partial charge in [-0.05, 0) is 32.3 Å². The zero-order valence-corrected chi connectivity index (χ0v) is 12.3. The Morgan fingerprint density at radius 3 is 2.65 bits per heavy atom. The zero-order chi connectivity index (χ0) is 15.1. The van der Waals surface area contributed by atoms with Crippen LogP contribution in [0.1, 0.15) is 37.6 Å². The molecule has 6 nitrogen and oxygen atoms in total. The normalized spacial score (nSPS) is 12.2. The molecule has 2 N–H and O–H groups in total. The monoisotopic (exact) mass is 281 g/mol. The molecule has 0 aliphatic carbocycles. The van der Waals surface area contributed by atoms with Gasteiger partial charge in [-0.15, -0.1) is 0 Å². The first kappa shape index (κ1) is 16.2. The Balaban J connectivity index is 2.23. The van der Waals surface area contributed by atoms with Crippen LogP contribution in [-0.4, -0.2) is 33.3 Å². The third-order valence-electron chi connectivity index (χ3n) is 3.15. The average Bonchev–Trinajstić information content (AvgIpc) is 2.69. The molecule has 1 rings (SSSR count).